The van der Waals surface area contributed by atoms with Gasteiger partial charge in [0.1, 0.15) is 0 Å². The molecule has 13 rings (SSSR count). The fraction of sp³-hybridized carbons (Fsp3) is 0.0167. The molecule has 2 aliphatic rings. The summed E-state index contributed by atoms with van der Waals surface area (Å²) in [7, 11) is 0. The van der Waals surface area contributed by atoms with Crippen LogP contribution in [0.5, 0.6) is 0 Å². The molecule has 0 aliphatic heterocycles. The Bertz CT molecular complexity index is 3670. The summed E-state index contributed by atoms with van der Waals surface area (Å²) in [5, 5.41) is 7.61. The quantitative estimate of drug-likeness (QED) is 0.166. The van der Waals surface area contributed by atoms with Crippen LogP contribution >= 0.6 is 0 Å². The normalized spacial score (nSPS) is 14.7. The molecule has 63 heavy (non-hydrogen) atoms. The van der Waals surface area contributed by atoms with Crippen molar-refractivity contribution in [2.75, 3.05) is 0 Å². The lowest BCUT2D eigenvalue weighted by Crippen LogP contribution is -2.30. The number of hydrogen-bond donors (Lipinski definition) is 0. The maximum absolute atomic E-state index is 5.29. The van der Waals surface area contributed by atoms with E-state index in [9.17, 15) is 0 Å². The van der Waals surface area contributed by atoms with Gasteiger partial charge in [0, 0.05) is 16.7 Å². The van der Waals surface area contributed by atoms with Gasteiger partial charge in [-0.05, 0) is 106 Å². The first-order chi connectivity index (χ1) is 31.2. The molecule has 0 saturated heterocycles. The second-order valence-corrected chi connectivity index (χ2v) is 16.7. The topological polar surface area (TPSA) is 38.7 Å². The minimum Gasteiger partial charge on any atom is -0.208 e. The third-order valence-corrected chi connectivity index (χ3v) is 13.3. The van der Waals surface area contributed by atoms with Crippen LogP contribution in [0.3, 0.4) is 0 Å². The van der Waals surface area contributed by atoms with Gasteiger partial charge in [-0.3, -0.25) is 0 Å². The van der Waals surface area contributed by atoms with Crippen LogP contribution in [0, 0.1) is 0 Å². The van der Waals surface area contributed by atoms with Crippen LogP contribution in [0.2, 0.25) is 0 Å². The third kappa shape index (κ3) is 5.36. The van der Waals surface area contributed by atoms with E-state index in [4.69, 9.17) is 15.0 Å². The molecule has 1 aromatic heterocycles. The molecule has 292 valence electrons. The summed E-state index contributed by atoms with van der Waals surface area (Å²) in [6, 6.07) is 76.8. The Morgan fingerprint density at radius 1 is 0.254 bits per heavy atom. The predicted octanol–water partition coefficient (Wildman–Crippen LogP) is 14.8. The van der Waals surface area contributed by atoms with Crippen LogP contribution in [-0.2, 0) is 5.41 Å². The molecule has 0 saturated carbocycles. The van der Waals surface area contributed by atoms with Crippen molar-refractivity contribution in [2.45, 2.75) is 5.41 Å². The van der Waals surface area contributed by atoms with Gasteiger partial charge in [0.2, 0.25) is 0 Å². The standard InChI is InChI=1S/C60H37N3/c1-3-15-38(16-4-1)39-27-32-43(33-28-39)58-61-57(42-18-5-2-6-19-42)62-59(63-58)44-34-31-41-30-29-40-17-7-13-25-53(40)60(55(41)35-44)54-26-14-12-24-49(54)52-36-50-47-22-10-8-20-45(47)46-21-9-11-23-48(46)51(50)37-56(52)60/h1-37H. The highest BCUT2D eigenvalue weighted by molar-refractivity contribution is 6.26. The van der Waals surface area contributed by atoms with Gasteiger partial charge in [-0.2, -0.15) is 0 Å². The number of fused-ring (bicyclic) bond motifs is 15. The van der Waals surface area contributed by atoms with Crippen LogP contribution in [0.25, 0.3) is 101 Å². The molecule has 0 radical (unpaired) electrons. The van der Waals surface area contributed by atoms with E-state index < -0.39 is 5.41 Å². The monoisotopic (exact) mass is 799 g/mol. The molecule has 3 nitrogen and oxygen atoms in total. The summed E-state index contributed by atoms with van der Waals surface area (Å²) in [6.07, 6.45) is 4.58. The highest BCUT2D eigenvalue weighted by Crippen LogP contribution is 2.60. The summed E-state index contributed by atoms with van der Waals surface area (Å²) >= 11 is 0. The number of benzene rings is 10. The van der Waals surface area contributed by atoms with Gasteiger partial charge in [0.05, 0.1) is 5.41 Å². The van der Waals surface area contributed by atoms with Gasteiger partial charge in [0.25, 0.3) is 0 Å². The predicted molar refractivity (Wildman–Crippen MR) is 260 cm³/mol. The first-order valence-corrected chi connectivity index (χ1v) is 21.6. The number of rotatable bonds is 4. The molecule has 1 spiro atoms. The molecule has 10 aromatic carbocycles. The van der Waals surface area contributed by atoms with Gasteiger partial charge in [-0.15, -0.1) is 0 Å². The second-order valence-electron chi connectivity index (χ2n) is 16.7. The lowest BCUT2D eigenvalue weighted by molar-refractivity contribution is 0.767. The first-order valence-electron chi connectivity index (χ1n) is 21.6. The maximum atomic E-state index is 5.29. The summed E-state index contributed by atoms with van der Waals surface area (Å²) in [5.41, 5.74) is 14.4. The van der Waals surface area contributed by atoms with E-state index in [2.05, 4.69) is 200 Å². The summed E-state index contributed by atoms with van der Waals surface area (Å²) in [5.74, 6) is 1.91. The number of nitrogens with zero attached hydrogens (tertiary/aromatic N) is 3. The highest BCUT2D eigenvalue weighted by atomic mass is 15.0. The van der Waals surface area contributed by atoms with E-state index in [0.717, 1.165) is 27.8 Å². The van der Waals surface area contributed by atoms with Crippen LogP contribution in [0.15, 0.2) is 212 Å². The molecule has 1 atom stereocenters. The van der Waals surface area contributed by atoms with Crippen LogP contribution in [0.1, 0.15) is 33.4 Å². The average Bonchev–Trinajstić information content (AvgIpc) is 3.56. The van der Waals surface area contributed by atoms with Crippen molar-refractivity contribution in [1.29, 1.82) is 0 Å². The number of aromatic nitrogens is 3. The van der Waals surface area contributed by atoms with Crippen molar-refractivity contribution in [1.82, 2.24) is 15.0 Å². The molecule has 11 aromatic rings. The van der Waals surface area contributed by atoms with Crippen molar-refractivity contribution in [2.24, 2.45) is 0 Å². The molecule has 0 N–H and O–H groups in total. The Morgan fingerprint density at radius 3 is 1.37 bits per heavy atom. The Kier molecular flexibility index (Phi) is 7.82. The maximum Gasteiger partial charge on any atom is 0.164 e. The average molecular weight is 800 g/mol. The summed E-state index contributed by atoms with van der Waals surface area (Å²) in [6.45, 7) is 0. The van der Waals surface area contributed by atoms with Crippen molar-refractivity contribution < 1.29 is 0 Å². The molecule has 2 aliphatic carbocycles. The van der Waals surface area contributed by atoms with Crippen LogP contribution in [-0.4, -0.2) is 15.0 Å². The molecule has 1 heterocycles. The molecular formula is C60H37N3. The van der Waals surface area contributed by atoms with Gasteiger partial charge in [-0.1, -0.05) is 206 Å². The van der Waals surface area contributed by atoms with Gasteiger partial charge >= 0.3 is 0 Å². The minimum absolute atomic E-state index is 0.632. The molecule has 0 fully saturated rings. The SMILES string of the molecule is C1=Cc2ccc(-c3nc(-c4ccccc4)nc(-c4ccc(-c5ccccc5)cc4)n3)cc2C2(c3ccccc31)c1ccccc1-c1cc3c4ccccc4c4ccccc4c3cc12. The molecular weight excluding hydrogens is 763 g/mol. The molecule has 0 bridgehead atoms. The summed E-state index contributed by atoms with van der Waals surface area (Å²) < 4.78 is 0. The Balaban J connectivity index is 1.08. The van der Waals surface area contributed by atoms with E-state index in [-0.39, 0.29) is 0 Å². The van der Waals surface area contributed by atoms with Gasteiger partial charge < -0.3 is 0 Å². The van der Waals surface area contributed by atoms with E-state index in [1.54, 1.807) is 0 Å². The zero-order chi connectivity index (χ0) is 41.5. The Hall–Kier alpha value is -8.27. The van der Waals surface area contributed by atoms with Gasteiger partial charge in [-0.25, -0.2) is 15.0 Å². The smallest absolute Gasteiger partial charge is 0.164 e. The van der Waals surface area contributed by atoms with E-state index >= 15 is 0 Å². The van der Waals surface area contributed by atoms with Gasteiger partial charge in [0.15, 0.2) is 17.5 Å². The molecule has 1 unspecified atom stereocenters. The second kappa shape index (κ2) is 13.9. The Morgan fingerprint density at radius 2 is 0.698 bits per heavy atom. The van der Waals surface area contributed by atoms with E-state index in [1.807, 2.05) is 24.3 Å². The van der Waals surface area contributed by atoms with Crippen molar-refractivity contribution in [3.8, 4) is 56.4 Å². The Labute approximate surface area is 365 Å². The van der Waals surface area contributed by atoms with Crippen molar-refractivity contribution in [3.05, 3.63) is 246 Å². The zero-order valence-electron chi connectivity index (χ0n) is 34.2. The highest BCUT2D eigenvalue weighted by Gasteiger charge is 2.49. The number of hydrogen-bond acceptors (Lipinski definition) is 3. The first kappa shape index (κ1) is 35.5. The minimum atomic E-state index is -0.649. The van der Waals surface area contributed by atoms with E-state index in [1.165, 1.54) is 76.8 Å². The van der Waals surface area contributed by atoms with Crippen LogP contribution in [0.4, 0.5) is 0 Å². The third-order valence-electron chi connectivity index (χ3n) is 13.3. The molecule has 0 amide bonds. The van der Waals surface area contributed by atoms with Crippen molar-refractivity contribution in [3.63, 3.8) is 0 Å². The fourth-order valence-electron chi connectivity index (χ4n) is 10.5. The zero-order valence-corrected chi connectivity index (χ0v) is 34.2. The van der Waals surface area contributed by atoms with Crippen LogP contribution < -0.4 is 0 Å². The summed E-state index contributed by atoms with van der Waals surface area (Å²) in [4.78, 5) is 15.6. The fourth-order valence-corrected chi connectivity index (χ4v) is 10.5. The lowest BCUT2D eigenvalue weighted by Gasteiger charge is -2.35. The molecule has 3 heteroatoms. The van der Waals surface area contributed by atoms with Crippen molar-refractivity contribution >= 4 is 44.5 Å². The lowest BCUT2D eigenvalue weighted by atomic mass is 9.65. The largest absolute Gasteiger partial charge is 0.208 e. The van der Waals surface area contributed by atoms with E-state index in [0.29, 0.717) is 17.5 Å².